The Labute approximate surface area is 136 Å². The van der Waals surface area contributed by atoms with E-state index < -0.39 is 0 Å². The van der Waals surface area contributed by atoms with Crippen LogP contribution in [0.4, 0.5) is 4.79 Å². The first-order valence-electron chi connectivity index (χ1n) is 8.15. The van der Waals surface area contributed by atoms with E-state index in [1.807, 2.05) is 47.8 Å². The van der Waals surface area contributed by atoms with Gasteiger partial charge in [0.15, 0.2) is 0 Å². The summed E-state index contributed by atoms with van der Waals surface area (Å²) in [5.41, 5.74) is 2.21. The summed E-state index contributed by atoms with van der Waals surface area (Å²) in [4.78, 5) is 18.1. The Kier molecular flexibility index (Phi) is 4.95. The van der Waals surface area contributed by atoms with Crippen molar-refractivity contribution in [2.24, 2.45) is 5.92 Å². The summed E-state index contributed by atoms with van der Waals surface area (Å²) >= 11 is 0. The Balaban J connectivity index is 1.43. The molecule has 0 bridgehead atoms. The molecule has 2 aromatic rings. The fourth-order valence-electron chi connectivity index (χ4n) is 2.96. The van der Waals surface area contributed by atoms with Gasteiger partial charge in [0.25, 0.3) is 0 Å². The van der Waals surface area contributed by atoms with Gasteiger partial charge in [-0.1, -0.05) is 30.3 Å². The van der Waals surface area contributed by atoms with Crippen LogP contribution in [-0.4, -0.2) is 33.6 Å². The number of hydrogen-bond donors (Lipinski definition) is 0. The monoisotopic (exact) mass is 313 g/mol. The Morgan fingerprint density at radius 3 is 2.65 bits per heavy atom. The summed E-state index contributed by atoms with van der Waals surface area (Å²) in [6, 6.07) is 9.79. The highest BCUT2D eigenvalue weighted by atomic mass is 16.6. The van der Waals surface area contributed by atoms with Crippen LogP contribution in [0.5, 0.6) is 0 Å². The summed E-state index contributed by atoms with van der Waals surface area (Å²) in [7, 11) is 0. The normalized spacial score (nSPS) is 15.6. The molecule has 0 N–H and O–H groups in total. The lowest BCUT2D eigenvalue weighted by Gasteiger charge is -2.31. The molecule has 1 aromatic carbocycles. The summed E-state index contributed by atoms with van der Waals surface area (Å²) in [6.45, 7) is 4.94. The number of amides is 1. The Morgan fingerprint density at radius 2 is 2.00 bits per heavy atom. The van der Waals surface area contributed by atoms with Crippen LogP contribution in [0, 0.1) is 12.8 Å². The first-order chi connectivity index (χ1) is 11.2. The Morgan fingerprint density at radius 1 is 1.26 bits per heavy atom. The first-order valence-corrected chi connectivity index (χ1v) is 8.15. The average Bonchev–Trinajstić information content (AvgIpc) is 2.99. The number of carbonyl (C=O) groups is 1. The van der Waals surface area contributed by atoms with Crippen molar-refractivity contribution in [2.45, 2.75) is 32.9 Å². The molecule has 1 aliphatic heterocycles. The van der Waals surface area contributed by atoms with Gasteiger partial charge in [0, 0.05) is 31.5 Å². The van der Waals surface area contributed by atoms with Crippen molar-refractivity contribution in [3.05, 3.63) is 54.1 Å². The standard InChI is InChI=1S/C18H23N3O2/c1-15-11-19-14-21(15)12-16-7-9-20(10-8-16)18(22)23-13-17-5-3-2-4-6-17/h2-6,11,14,16H,7-10,12-13H2,1H3. The molecule has 0 atom stereocenters. The van der Waals surface area contributed by atoms with Crippen LogP contribution in [0.1, 0.15) is 24.1 Å². The number of rotatable bonds is 4. The van der Waals surface area contributed by atoms with E-state index in [9.17, 15) is 4.79 Å². The van der Waals surface area contributed by atoms with Crippen molar-refractivity contribution in [3.8, 4) is 0 Å². The molecule has 1 amide bonds. The lowest BCUT2D eigenvalue weighted by atomic mass is 9.97. The number of carbonyl (C=O) groups excluding carboxylic acids is 1. The predicted molar refractivity (Wildman–Crippen MR) is 87.9 cm³/mol. The number of aryl methyl sites for hydroxylation is 1. The third-order valence-corrected chi connectivity index (χ3v) is 4.45. The highest BCUT2D eigenvalue weighted by Gasteiger charge is 2.24. The molecule has 1 fully saturated rings. The smallest absolute Gasteiger partial charge is 0.410 e. The van der Waals surface area contributed by atoms with Crippen LogP contribution in [-0.2, 0) is 17.9 Å². The molecular weight excluding hydrogens is 290 g/mol. The third-order valence-electron chi connectivity index (χ3n) is 4.45. The molecule has 2 heterocycles. The molecule has 1 aromatic heterocycles. The van der Waals surface area contributed by atoms with Gasteiger partial charge in [0.2, 0.25) is 0 Å². The number of nitrogens with zero attached hydrogens (tertiary/aromatic N) is 3. The van der Waals surface area contributed by atoms with Gasteiger partial charge in [-0.2, -0.15) is 0 Å². The van der Waals surface area contributed by atoms with Gasteiger partial charge in [-0.05, 0) is 31.2 Å². The van der Waals surface area contributed by atoms with E-state index in [0.29, 0.717) is 12.5 Å². The number of imidazole rings is 1. The lowest BCUT2D eigenvalue weighted by Crippen LogP contribution is -2.39. The van der Waals surface area contributed by atoms with E-state index in [2.05, 4.69) is 16.5 Å². The second kappa shape index (κ2) is 7.31. The minimum atomic E-state index is -0.203. The van der Waals surface area contributed by atoms with Crippen molar-refractivity contribution in [3.63, 3.8) is 0 Å². The van der Waals surface area contributed by atoms with E-state index >= 15 is 0 Å². The highest BCUT2D eigenvalue weighted by molar-refractivity contribution is 5.67. The molecule has 3 rings (SSSR count). The van der Waals surface area contributed by atoms with Crippen LogP contribution in [0.3, 0.4) is 0 Å². The van der Waals surface area contributed by atoms with Crippen LogP contribution in [0.15, 0.2) is 42.9 Å². The van der Waals surface area contributed by atoms with Crippen molar-refractivity contribution in [1.82, 2.24) is 14.5 Å². The second-order valence-electron chi connectivity index (χ2n) is 6.16. The van der Waals surface area contributed by atoms with Gasteiger partial charge in [0.05, 0.1) is 6.33 Å². The molecular formula is C18H23N3O2. The molecule has 0 aliphatic carbocycles. The van der Waals surface area contributed by atoms with Gasteiger partial charge in [-0.25, -0.2) is 9.78 Å². The van der Waals surface area contributed by atoms with Crippen LogP contribution < -0.4 is 0 Å². The fraction of sp³-hybridized carbons (Fsp3) is 0.444. The number of ether oxygens (including phenoxy) is 1. The molecule has 122 valence electrons. The SMILES string of the molecule is Cc1cncn1CC1CCN(C(=O)OCc2ccccc2)CC1. The number of aromatic nitrogens is 2. The highest BCUT2D eigenvalue weighted by Crippen LogP contribution is 2.20. The van der Waals surface area contributed by atoms with E-state index in [4.69, 9.17) is 4.74 Å². The minimum absolute atomic E-state index is 0.203. The Bertz CT molecular complexity index is 631. The zero-order chi connectivity index (χ0) is 16.1. The Hall–Kier alpha value is -2.30. The van der Waals surface area contributed by atoms with E-state index in [0.717, 1.165) is 38.0 Å². The summed E-state index contributed by atoms with van der Waals surface area (Å²) < 4.78 is 7.59. The van der Waals surface area contributed by atoms with Gasteiger partial charge >= 0.3 is 6.09 Å². The van der Waals surface area contributed by atoms with Crippen LogP contribution >= 0.6 is 0 Å². The second-order valence-corrected chi connectivity index (χ2v) is 6.16. The number of hydrogen-bond acceptors (Lipinski definition) is 3. The average molecular weight is 313 g/mol. The molecule has 0 spiro atoms. The molecule has 0 saturated carbocycles. The number of benzene rings is 1. The van der Waals surface area contributed by atoms with E-state index in [1.54, 1.807) is 0 Å². The largest absolute Gasteiger partial charge is 0.445 e. The van der Waals surface area contributed by atoms with Crippen molar-refractivity contribution < 1.29 is 9.53 Å². The maximum atomic E-state index is 12.1. The van der Waals surface area contributed by atoms with E-state index in [1.165, 1.54) is 5.69 Å². The zero-order valence-corrected chi connectivity index (χ0v) is 13.5. The van der Waals surface area contributed by atoms with Crippen molar-refractivity contribution >= 4 is 6.09 Å². The van der Waals surface area contributed by atoms with Gasteiger partial charge < -0.3 is 14.2 Å². The van der Waals surface area contributed by atoms with Crippen LogP contribution in [0.25, 0.3) is 0 Å². The molecule has 1 aliphatic rings. The minimum Gasteiger partial charge on any atom is -0.445 e. The molecule has 23 heavy (non-hydrogen) atoms. The molecule has 0 unspecified atom stereocenters. The third kappa shape index (κ3) is 4.12. The quantitative estimate of drug-likeness (QED) is 0.870. The van der Waals surface area contributed by atoms with Gasteiger partial charge in [0.1, 0.15) is 6.61 Å². The first kappa shape index (κ1) is 15.6. The van der Waals surface area contributed by atoms with E-state index in [-0.39, 0.29) is 6.09 Å². The molecule has 1 saturated heterocycles. The fourth-order valence-corrected chi connectivity index (χ4v) is 2.96. The lowest BCUT2D eigenvalue weighted by molar-refractivity contribution is 0.0806. The summed E-state index contributed by atoms with van der Waals surface area (Å²) in [5.74, 6) is 0.598. The van der Waals surface area contributed by atoms with Crippen molar-refractivity contribution in [2.75, 3.05) is 13.1 Å². The van der Waals surface area contributed by atoms with Crippen LogP contribution in [0.2, 0.25) is 0 Å². The van der Waals surface area contributed by atoms with Gasteiger partial charge in [-0.15, -0.1) is 0 Å². The maximum absolute atomic E-state index is 12.1. The summed E-state index contributed by atoms with van der Waals surface area (Å²) in [6.07, 6.45) is 5.59. The zero-order valence-electron chi connectivity index (χ0n) is 13.5. The maximum Gasteiger partial charge on any atom is 0.410 e. The number of piperidine rings is 1. The molecule has 5 heteroatoms. The topological polar surface area (TPSA) is 47.4 Å². The van der Waals surface area contributed by atoms with Gasteiger partial charge in [-0.3, -0.25) is 0 Å². The number of likely N-dealkylation sites (tertiary alicyclic amines) is 1. The molecule has 5 nitrogen and oxygen atoms in total. The van der Waals surface area contributed by atoms with Crippen molar-refractivity contribution in [1.29, 1.82) is 0 Å². The molecule has 0 radical (unpaired) electrons. The summed E-state index contributed by atoms with van der Waals surface area (Å²) in [5, 5.41) is 0. The predicted octanol–water partition coefficient (Wildman–Crippen LogP) is 3.24.